The molecule has 1 amide bonds. The number of nitrogens with zero attached hydrogens (tertiary/aromatic N) is 3. The first-order valence-electron chi connectivity index (χ1n) is 6.05. The van der Waals surface area contributed by atoms with Gasteiger partial charge in [-0.1, -0.05) is 0 Å². The summed E-state index contributed by atoms with van der Waals surface area (Å²) in [4.78, 5) is 24.0. The predicted molar refractivity (Wildman–Crippen MR) is 74.8 cm³/mol. The minimum Gasteiger partial charge on any atom is -0.322 e. The van der Waals surface area contributed by atoms with E-state index in [1.807, 2.05) is 6.07 Å². The molecular weight excluding hydrogens is 256 g/mol. The van der Waals surface area contributed by atoms with Crippen molar-refractivity contribution in [1.29, 1.82) is 0 Å². The Hall–Kier alpha value is -2.89. The molecule has 0 aliphatic heterocycles. The molecule has 0 unspecified atom stereocenters. The number of nitrogens with one attached hydrogen (secondary N) is 1. The van der Waals surface area contributed by atoms with Crippen molar-refractivity contribution in [3.8, 4) is 0 Å². The van der Waals surface area contributed by atoms with Crippen LogP contribution in [0.25, 0.3) is 5.52 Å². The van der Waals surface area contributed by atoms with E-state index in [2.05, 4.69) is 10.4 Å². The number of hydrogen-bond acceptors (Lipinski definition) is 3. The molecule has 100 valence electrons. The number of anilines is 1. The number of rotatable bonds is 2. The Morgan fingerprint density at radius 1 is 1.25 bits per heavy atom. The van der Waals surface area contributed by atoms with Crippen LogP contribution in [0.15, 0.2) is 53.7 Å². The van der Waals surface area contributed by atoms with Crippen molar-refractivity contribution in [2.75, 3.05) is 5.32 Å². The minimum absolute atomic E-state index is 0.114. The van der Waals surface area contributed by atoms with Gasteiger partial charge in [0.25, 0.3) is 11.5 Å². The number of amides is 1. The fourth-order valence-corrected chi connectivity index (χ4v) is 1.97. The zero-order chi connectivity index (χ0) is 14.1. The maximum atomic E-state index is 12.1. The average molecular weight is 268 g/mol. The van der Waals surface area contributed by atoms with Crippen molar-refractivity contribution in [2.45, 2.75) is 0 Å². The van der Waals surface area contributed by atoms with Crippen LogP contribution in [-0.2, 0) is 7.05 Å². The first-order chi connectivity index (χ1) is 9.65. The smallest absolute Gasteiger partial charge is 0.263 e. The van der Waals surface area contributed by atoms with Gasteiger partial charge in [-0.15, -0.1) is 0 Å². The molecule has 0 saturated carbocycles. The second-order valence-corrected chi connectivity index (χ2v) is 4.41. The van der Waals surface area contributed by atoms with Crippen molar-refractivity contribution in [2.24, 2.45) is 7.05 Å². The first kappa shape index (κ1) is 12.2. The molecule has 0 spiro atoms. The van der Waals surface area contributed by atoms with E-state index in [4.69, 9.17) is 0 Å². The van der Waals surface area contributed by atoms with Crippen molar-refractivity contribution in [3.05, 3.63) is 64.8 Å². The number of hydrogen-bond donors (Lipinski definition) is 1. The van der Waals surface area contributed by atoms with Gasteiger partial charge in [-0.25, -0.2) is 4.52 Å². The van der Waals surface area contributed by atoms with Gasteiger partial charge in [0.15, 0.2) is 0 Å². The monoisotopic (exact) mass is 268 g/mol. The number of aromatic nitrogens is 3. The molecule has 0 fully saturated rings. The van der Waals surface area contributed by atoms with Crippen LogP contribution in [0.5, 0.6) is 0 Å². The Kier molecular flexibility index (Phi) is 2.83. The molecule has 0 radical (unpaired) electrons. The van der Waals surface area contributed by atoms with Gasteiger partial charge < -0.3 is 9.88 Å². The summed E-state index contributed by atoms with van der Waals surface area (Å²) in [5.74, 6) is -0.421. The highest BCUT2D eigenvalue weighted by Gasteiger charge is 2.11. The van der Waals surface area contributed by atoms with Crippen LogP contribution in [0.1, 0.15) is 10.4 Å². The summed E-state index contributed by atoms with van der Waals surface area (Å²) in [7, 11) is 1.61. The number of aryl methyl sites for hydroxylation is 1. The number of carbonyl (C=O) groups is 1. The summed E-state index contributed by atoms with van der Waals surface area (Å²) < 4.78 is 3.06. The third kappa shape index (κ3) is 2.07. The van der Waals surface area contributed by atoms with Gasteiger partial charge in [0, 0.05) is 31.3 Å². The lowest BCUT2D eigenvalue weighted by molar-refractivity contribution is 0.102. The van der Waals surface area contributed by atoms with Crippen molar-refractivity contribution >= 4 is 17.1 Å². The molecule has 0 aliphatic rings. The molecule has 20 heavy (non-hydrogen) atoms. The molecule has 0 aromatic carbocycles. The zero-order valence-electron chi connectivity index (χ0n) is 10.8. The van der Waals surface area contributed by atoms with E-state index in [1.54, 1.807) is 48.4 Å². The Morgan fingerprint density at radius 3 is 2.95 bits per heavy atom. The summed E-state index contributed by atoms with van der Waals surface area (Å²) in [5.41, 5.74) is 1.27. The van der Waals surface area contributed by atoms with Crippen LogP contribution in [0.4, 0.5) is 5.69 Å². The molecule has 3 aromatic heterocycles. The number of pyridine rings is 2. The lowest BCUT2D eigenvalue weighted by Gasteiger charge is -2.06. The van der Waals surface area contributed by atoms with Crippen LogP contribution in [-0.4, -0.2) is 20.1 Å². The van der Waals surface area contributed by atoms with Gasteiger partial charge in [-0.3, -0.25) is 9.59 Å². The average Bonchev–Trinajstić information content (AvgIpc) is 2.89. The van der Waals surface area contributed by atoms with Gasteiger partial charge in [-0.05, 0) is 30.3 Å². The van der Waals surface area contributed by atoms with Crippen LogP contribution in [0.3, 0.4) is 0 Å². The number of fused-ring (bicyclic) bond motifs is 1. The van der Waals surface area contributed by atoms with E-state index < -0.39 is 5.91 Å². The topological polar surface area (TPSA) is 68.4 Å². The van der Waals surface area contributed by atoms with E-state index in [0.29, 0.717) is 5.69 Å². The third-order valence-corrected chi connectivity index (χ3v) is 3.03. The molecule has 3 heterocycles. The van der Waals surface area contributed by atoms with E-state index in [9.17, 15) is 9.59 Å². The molecule has 6 nitrogen and oxygen atoms in total. The molecule has 0 saturated heterocycles. The molecule has 1 N–H and O–H groups in total. The predicted octanol–water partition coefficient (Wildman–Crippen LogP) is 1.29. The van der Waals surface area contributed by atoms with E-state index in [0.717, 1.165) is 5.52 Å². The minimum atomic E-state index is -0.421. The largest absolute Gasteiger partial charge is 0.322 e. The van der Waals surface area contributed by atoms with Crippen LogP contribution in [0.2, 0.25) is 0 Å². The molecule has 6 heteroatoms. The van der Waals surface area contributed by atoms with Crippen molar-refractivity contribution in [3.63, 3.8) is 0 Å². The maximum absolute atomic E-state index is 12.1. The highest BCUT2D eigenvalue weighted by molar-refractivity contribution is 6.04. The van der Waals surface area contributed by atoms with Crippen LogP contribution < -0.4 is 10.9 Å². The summed E-state index contributed by atoms with van der Waals surface area (Å²) in [6, 6.07) is 8.52. The zero-order valence-corrected chi connectivity index (χ0v) is 10.8. The Morgan fingerprint density at radius 2 is 2.10 bits per heavy atom. The van der Waals surface area contributed by atoms with Crippen molar-refractivity contribution in [1.82, 2.24) is 14.2 Å². The fraction of sp³-hybridized carbons (Fsp3) is 0.0714. The molecule has 0 atom stereocenters. The second-order valence-electron chi connectivity index (χ2n) is 4.41. The van der Waals surface area contributed by atoms with Crippen LogP contribution in [0, 0.1) is 0 Å². The summed E-state index contributed by atoms with van der Waals surface area (Å²) in [6.45, 7) is 0. The standard InChI is InChI=1S/C14H12N4O2/c1-17-7-2-3-12(14(17)20)13(19)16-10-5-8-18-11(9-10)4-6-15-18/h2-9H,1H3,(H,16,19). The van der Waals surface area contributed by atoms with Gasteiger partial charge >= 0.3 is 0 Å². The SMILES string of the molecule is Cn1cccc(C(=O)Nc2ccn3nccc3c2)c1=O. The highest BCUT2D eigenvalue weighted by Crippen LogP contribution is 2.12. The van der Waals surface area contributed by atoms with Crippen molar-refractivity contribution < 1.29 is 4.79 Å². The lowest BCUT2D eigenvalue weighted by atomic mass is 10.2. The fourth-order valence-electron chi connectivity index (χ4n) is 1.97. The normalized spacial score (nSPS) is 10.7. The van der Waals surface area contributed by atoms with Gasteiger partial charge in [0.1, 0.15) is 5.56 Å². The van der Waals surface area contributed by atoms with E-state index >= 15 is 0 Å². The van der Waals surface area contributed by atoms with Gasteiger partial charge in [0.2, 0.25) is 0 Å². The molecular formula is C14H12N4O2. The highest BCUT2D eigenvalue weighted by atomic mass is 16.2. The number of carbonyl (C=O) groups excluding carboxylic acids is 1. The summed E-state index contributed by atoms with van der Waals surface area (Å²) in [5, 5.41) is 6.79. The van der Waals surface area contributed by atoms with Gasteiger partial charge in [0.05, 0.1) is 5.52 Å². The molecule has 3 aromatic rings. The summed E-state index contributed by atoms with van der Waals surface area (Å²) in [6.07, 6.45) is 5.03. The maximum Gasteiger partial charge on any atom is 0.263 e. The van der Waals surface area contributed by atoms with Gasteiger partial charge in [-0.2, -0.15) is 5.10 Å². The second kappa shape index (κ2) is 4.65. The molecule has 0 bridgehead atoms. The molecule has 3 rings (SSSR count). The van der Waals surface area contributed by atoms with E-state index in [-0.39, 0.29) is 11.1 Å². The first-order valence-corrected chi connectivity index (χ1v) is 6.05. The summed E-state index contributed by atoms with van der Waals surface area (Å²) >= 11 is 0. The Bertz CT molecular complexity index is 848. The van der Waals surface area contributed by atoms with E-state index in [1.165, 1.54) is 10.6 Å². The Labute approximate surface area is 114 Å². The van der Waals surface area contributed by atoms with Crippen LogP contribution >= 0.6 is 0 Å². The quantitative estimate of drug-likeness (QED) is 0.761. The Balaban J connectivity index is 1.92. The lowest BCUT2D eigenvalue weighted by Crippen LogP contribution is -2.27. The third-order valence-electron chi connectivity index (χ3n) is 3.03. The molecule has 0 aliphatic carbocycles.